The third-order valence-electron chi connectivity index (χ3n) is 2.62. The Bertz CT molecular complexity index is 403. The molecule has 0 spiro atoms. The summed E-state index contributed by atoms with van der Waals surface area (Å²) in [5, 5.41) is 2.94. The summed E-state index contributed by atoms with van der Waals surface area (Å²) in [6, 6.07) is -0.315. The van der Waals surface area contributed by atoms with Crippen LogP contribution in [0.3, 0.4) is 0 Å². The van der Waals surface area contributed by atoms with Gasteiger partial charge in [0.1, 0.15) is 6.17 Å². The minimum Gasteiger partial charge on any atom is -0.494 e. The van der Waals surface area contributed by atoms with Gasteiger partial charge in [-0.1, -0.05) is 0 Å². The second-order valence-corrected chi connectivity index (χ2v) is 4.72. The van der Waals surface area contributed by atoms with Gasteiger partial charge < -0.3 is 10.1 Å². The maximum Gasteiger partial charge on any atom is 0.218 e. The first-order valence-electron chi connectivity index (χ1n) is 4.88. The van der Waals surface area contributed by atoms with E-state index in [9.17, 15) is 8.78 Å². The molecular weight excluding hydrogens is 329 g/mol. The van der Waals surface area contributed by atoms with Crippen LogP contribution in [0.15, 0.2) is 6.20 Å². The van der Waals surface area contributed by atoms with E-state index < -0.39 is 12.1 Å². The first-order chi connectivity index (χ1) is 7.63. The Morgan fingerprint density at radius 3 is 2.94 bits per heavy atom. The van der Waals surface area contributed by atoms with Crippen molar-refractivity contribution in [1.82, 2.24) is 10.3 Å². The summed E-state index contributed by atoms with van der Waals surface area (Å²) < 4.78 is 32.4. The van der Waals surface area contributed by atoms with E-state index in [4.69, 9.17) is 4.74 Å². The Morgan fingerprint density at radius 1 is 1.62 bits per heavy atom. The lowest BCUT2D eigenvalue weighted by Gasteiger charge is -2.14. The molecule has 1 fully saturated rings. The lowest BCUT2D eigenvalue weighted by molar-refractivity contribution is 0.354. The molecule has 0 unspecified atom stereocenters. The van der Waals surface area contributed by atoms with Gasteiger partial charge in [0.05, 0.1) is 16.9 Å². The van der Waals surface area contributed by atoms with Crippen LogP contribution in [0.2, 0.25) is 0 Å². The van der Waals surface area contributed by atoms with Crippen LogP contribution in [0.4, 0.5) is 8.78 Å². The predicted octanol–water partition coefficient (Wildman–Crippen LogP) is 2.21. The summed E-state index contributed by atoms with van der Waals surface area (Å²) >= 11 is 2.00. The van der Waals surface area contributed by atoms with Crippen molar-refractivity contribution in [2.75, 3.05) is 13.7 Å². The maximum atomic E-state index is 13.6. The number of methoxy groups -OCH3 is 1. The highest BCUT2D eigenvalue weighted by molar-refractivity contribution is 14.1. The highest BCUT2D eigenvalue weighted by Crippen LogP contribution is 2.33. The molecule has 88 valence electrons. The predicted molar refractivity (Wildman–Crippen MR) is 63.7 cm³/mol. The lowest BCUT2D eigenvalue weighted by atomic mass is 10.1. The van der Waals surface area contributed by atoms with Gasteiger partial charge in [-0.05, 0) is 29.0 Å². The van der Waals surface area contributed by atoms with E-state index in [1.54, 1.807) is 0 Å². The minimum atomic E-state index is -0.925. The number of alkyl halides is 1. The van der Waals surface area contributed by atoms with Gasteiger partial charge in [0.15, 0.2) is 5.75 Å². The van der Waals surface area contributed by atoms with Crippen LogP contribution >= 0.6 is 22.6 Å². The molecule has 2 atom stereocenters. The Labute approximate surface area is 106 Å². The van der Waals surface area contributed by atoms with Gasteiger partial charge >= 0.3 is 0 Å². The summed E-state index contributed by atoms with van der Waals surface area (Å²) in [5.41, 5.74) is 0.403. The maximum absolute atomic E-state index is 13.6. The molecule has 1 aromatic heterocycles. The summed E-state index contributed by atoms with van der Waals surface area (Å²) in [6.45, 7) is 0.261. The second-order valence-electron chi connectivity index (χ2n) is 3.64. The summed E-state index contributed by atoms with van der Waals surface area (Å²) in [7, 11) is 1.50. The van der Waals surface area contributed by atoms with E-state index in [1.807, 2.05) is 22.6 Å². The highest BCUT2D eigenvalue weighted by Gasteiger charge is 2.30. The number of rotatable bonds is 2. The van der Waals surface area contributed by atoms with Gasteiger partial charge in [-0.15, -0.1) is 0 Å². The van der Waals surface area contributed by atoms with Crippen LogP contribution < -0.4 is 10.1 Å². The van der Waals surface area contributed by atoms with E-state index in [0.29, 0.717) is 14.9 Å². The van der Waals surface area contributed by atoms with Crippen molar-refractivity contribution in [1.29, 1.82) is 0 Å². The highest BCUT2D eigenvalue weighted by atomic mass is 127. The zero-order chi connectivity index (χ0) is 11.7. The Morgan fingerprint density at radius 2 is 2.38 bits per heavy atom. The largest absolute Gasteiger partial charge is 0.494 e. The van der Waals surface area contributed by atoms with Crippen molar-refractivity contribution in [2.45, 2.75) is 18.6 Å². The van der Waals surface area contributed by atoms with Crippen LogP contribution in [-0.4, -0.2) is 24.8 Å². The van der Waals surface area contributed by atoms with Gasteiger partial charge in [0, 0.05) is 18.2 Å². The molecule has 1 saturated heterocycles. The molecule has 2 heterocycles. The molecular formula is C10H11F2IN2O. The second kappa shape index (κ2) is 4.79. The Kier molecular flexibility index (Phi) is 3.58. The van der Waals surface area contributed by atoms with Gasteiger partial charge in [0.25, 0.3) is 0 Å². The number of aromatic nitrogens is 1. The van der Waals surface area contributed by atoms with Crippen LogP contribution in [0.25, 0.3) is 0 Å². The van der Waals surface area contributed by atoms with Crippen molar-refractivity contribution in [3.05, 3.63) is 21.3 Å². The fourth-order valence-electron chi connectivity index (χ4n) is 1.82. The topological polar surface area (TPSA) is 34.1 Å². The average Bonchev–Trinajstić information content (AvgIpc) is 2.65. The molecule has 0 aliphatic carbocycles. The molecule has 0 saturated carbocycles. The van der Waals surface area contributed by atoms with E-state index >= 15 is 0 Å². The number of hydrogen-bond donors (Lipinski definition) is 1. The SMILES string of the molecule is COc1cnc(F)c([C@@H]2C[C@@H](F)CN2)c1I. The summed E-state index contributed by atoms with van der Waals surface area (Å²) in [6.07, 6.45) is 0.691. The van der Waals surface area contributed by atoms with Crippen LogP contribution in [-0.2, 0) is 0 Å². The summed E-state index contributed by atoms with van der Waals surface area (Å²) in [5.74, 6) is -0.0436. The third-order valence-corrected chi connectivity index (χ3v) is 3.73. The first kappa shape index (κ1) is 12.0. The molecule has 6 heteroatoms. The first-order valence-corrected chi connectivity index (χ1v) is 5.96. The lowest BCUT2D eigenvalue weighted by Crippen LogP contribution is -2.17. The van der Waals surface area contributed by atoms with E-state index in [-0.39, 0.29) is 19.0 Å². The third kappa shape index (κ3) is 2.13. The molecule has 1 aromatic rings. The number of halogens is 3. The summed E-state index contributed by atoms with van der Waals surface area (Å²) in [4.78, 5) is 3.62. The molecule has 2 rings (SSSR count). The number of ether oxygens (including phenoxy) is 1. The molecule has 16 heavy (non-hydrogen) atoms. The average molecular weight is 340 g/mol. The smallest absolute Gasteiger partial charge is 0.218 e. The van der Waals surface area contributed by atoms with Gasteiger partial charge in [-0.2, -0.15) is 4.39 Å². The number of hydrogen-bond acceptors (Lipinski definition) is 3. The monoisotopic (exact) mass is 340 g/mol. The molecule has 3 nitrogen and oxygen atoms in total. The number of pyridine rings is 1. The Balaban J connectivity index is 2.39. The minimum absolute atomic E-state index is 0.261. The van der Waals surface area contributed by atoms with E-state index in [0.717, 1.165) is 0 Å². The molecule has 1 aliphatic heterocycles. The van der Waals surface area contributed by atoms with Crippen molar-refractivity contribution < 1.29 is 13.5 Å². The van der Waals surface area contributed by atoms with Crippen LogP contribution in [0.1, 0.15) is 18.0 Å². The number of nitrogens with one attached hydrogen (secondary N) is 1. The standard InChI is InChI=1S/C10H11F2IN2O/c1-16-7-4-15-10(12)8(9(7)13)6-2-5(11)3-14-6/h4-6,14H,2-3H2,1H3/t5-,6+/m1/s1. The fraction of sp³-hybridized carbons (Fsp3) is 0.500. The van der Waals surface area contributed by atoms with Crippen LogP contribution in [0.5, 0.6) is 5.75 Å². The van der Waals surface area contributed by atoms with Crippen LogP contribution in [0, 0.1) is 9.52 Å². The van der Waals surface area contributed by atoms with Crippen molar-refractivity contribution >= 4 is 22.6 Å². The zero-order valence-electron chi connectivity index (χ0n) is 8.64. The Hall–Kier alpha value is -0.500. The van der Waals surface area contributed by atoms with Gasteiger partial charge in [-0.3, -0.25) is 0 Å². The number of nitrogens with zero attached hydrogens (tertiary/aromatic N) is 1. The zero-order valence-corrected chi connectivity index (χ0v) is 10.8. The van der Waals surface area contributed by atoms with Crippen molar-refractivity contribution in [2.24, 2.45) is 0 Å². The van der Waals surface area contributed by atoms with Crippen molar-refractivity contribution in [3.8, 4) is 5.75 Å². The molecule has 0 aromatic carbocycles. The van der Waals surface area contributed by atoms with E-state index in [1.165, 1.54) is 13.3 Å². The molecule has 0 radical (unpaired) electrons. The normalized spacial score (nSPS) is 24.8. The molecule has 1 N–H and O–H groups in total. The quantitative estimate of drug-likeness (QED) is 0.662. The molecule has 0 amide bonds. The molecule has 0 bridgehead atoms. The van der Waals surface area contributed by atoms with Crippen molar-refractivity contribution in [3.63, 3.8) is 0 Å². The fourth-order valence-corrected chi connectivity index (χ4v) is 2.77. The molecule has 1 aliphatic rings. The van der Waals surface area contributed by atoms with E-state index in [2.05, 4.69) is 10.3 Å². The van der Waals surface area contributed by atoms with Gasteiger partial charge in [0.2, 0.25) is 5.95 Å². The van der Waals surface area contributed by atoms with Gasteiger partial charge in [-0.25, -0.2) is 9.37 Å².